The van der Waals surface area contributed by atoms with Crippen LogP contribution in [0, 0.1) is 0 Å². The number of hydrogen-bond acceptors (Lipinski definition) is 4. The third-order valence-corrected chi connectivity index (χ3v) is 2.97. The van der Waals surface area contributed by atoms with Gasteiger partial charge in [-0.3, -0.25) is 9.59 Å². The van der Waals surface area contributed by atoms with E-state index in [2.05, 4.69) is 5.32 Å². The summed E-state index contributed by atoms with van der Waals surface area (Å²) in [5.41, 5.74) is 8.99. The van der Waals surface area contributed by atoms with Crippen molar-refractivity contribution in [3.05, 3.63) is 35.0 Å². The minimum atomic E-state index is -0.0387. The van der Waals surface area contributed by atoms with Crippen molar-refractivity contribution < 1.29 is 9.59 Å². The lowest BCUT2D eigenvalue weighted by molar-refractivity contribution is -0.103. The zero-order chi connectivity index (χ0) is 14.4. The van der Waals surface area contributed by atoms with Crippen molar-refractivity contribution in [3.8, 4) is 0 Å². The van der Waals surface area contributed by atoms with Crippen LogP contribution < -0.4 is 11.1 Å². The van der Waals surface area contributed by atoms with Gasteiger partial charge in [0.15, 0.2) is 12.1 Å². The number of aldehydes is 1. The van der Waals surface area contributed by atoms with Crippen molar-refractivity contribution in [1.29, 1.82) is 0 Å². The van der Waals surface area contributed by atoms with Crippen LogP contribution in [-0.2, 0) is 4.79 Å². The predicted molar refractivity (Wildman–Crippen MR) is 78.1 cm³/mol. The third-order valence-electron chi connectivity index (χ3n) is 2.97. The number of nitrogens with two attached hydrogens (primary N) is 1. The molecular formula is C15H20N2O2. The van der Waals surface area contributed by atoms with Crippen molar-refractivity contribution in [2.75, 3.05) is 12.4 Å². The van der Waals surface area contributed by atoms with E-state index in [0.717, 1.165) is 18.4 Å². The van der Waals surface area contributed by atoms with E-state index in [1.54, 1.807) is 25.2 Å². The lowest BCUT2D eigenvalue weighted by Gasteiger charge is -2.12. The fourth-order valence-electron chi connectivity index (χ4n) is 1.92. The van der Waals surface area contributed by atoms with Gasteiger partial charge in [-0.1, -0.05) is 13.3 Å². The van der Waals surface area contributed by atoms with E-state index in [1.165, 1.54) is 6.92 Å². The van der Waals surface area contributed by atoms with Gasteiger partial charge in [0.2, 0.25) is 0 Å². The van der Waals surface area contributed by atoms with E-state index in [4.69, 9.17) is 5.73 Å². The molecule has 0 aliphatic heterocycles. The number of hydrogen-bond donors (Lipinski definition) is 2. The number of anilines is 1. The molecule has 0 heterocycles. The van der Waals surface area contributed by atoms with Crippen LogP contribution in [0.2, 0.25) is 0 Å². The summed E-state index contributed by atoms with van der Waals surface area (Å²) < 4.78 is 0. The molecule has 0 atom stereocenters. The molecule has 102 valence electrons. The maximum Gasteiger partial charge on any atom is 0.159 e. The monoisotopic (exact) mass is 260 g/mol. The second-order valence-corrected chi connectivity index (χ2v) is 4.37. The van der Waals surface area contributed by atoms with E-state index in [1.807, 2.05) is 6.92 Å². The molecule has 0 saturated heterocycles. The number of ketones is 1. The second kappa shape index (κ2) is 6.73. The Hall–Kier alpha value is -2.10. The number of benzene rings is 1. The molecule has 4 heteroatoms. The van der Waals surface area contributed by atoms with Crippen molar-refractivity contribution >= 4 is 23.3 Å². The normalized spacial score (nSPS) is 11.7. The van der Waals surface area contributed by atoms with Crippen molar-refractivity contribution in [3.63, 3.8) is 0 Å². The minimum absolute atomic E-state index is 0.0387. The Morgan fingerprint density at radius 2 is 2.11 bits per heavy atom. The number of rotatable bonds is 6. The summed E-state index contributed by atoms with van der Waals surface area (Å²) in [7, 11) is 1.77. The lowest BCUT2D eigenvalue weighted by Crippen LogP contribution is -2.06. The average Bonchev–Trinajstić information content (AvgIpc) is 2.39. The molecule has 0 bridgehead atoms. The third kappa shape index (κ3) is 3.44. The summed E-state index contributed by atoms with van der Waals surface area (Å²) in [5.74, 6) is -0.0387. The lowest BCUT2D eigenvalue weighted by atomic mass is 9.97. The van der Waals surface area contributed by atoms with E-state index in [9.17, 15) is 9.59 Å². The molecule has 4 nitrogen and oxygen atoms in total. The van der Waals surface area contributed by atoms with Crippen LogP contribution in [0.15, 0.2) is 23.9 Å². The van der Waals surface area contributed by atoms with Crippen LogP contribution in [0.5, 0.6) is 0 Å². The van der Waals surface area contributed by atoms with E-state index in [0.29, 0.717) is 28.8 Å². The first-order chi connectivity index (χ1) is 9.04. The first-order valence-corrected chi connectivity index (χ1v) is 6.32. The van der Waals surface area contributed by atoms with Gasteiger partial charge in [-0.25, -0.2) is 0 Å². The van der Waals surface area contributed by atoms with Crippen LogP contribution in [0.25, 0.3) is 5.57 Å². The van der Waals surface area contributed by atoms with E-state index in [-0.39, 0.29) is 5.78 Å². The Morgan fingerprint density at radius 1 is 1.42 bits per heavy atom. The van der Waals surface area contributed by atoms with Crippen molar-refractivity contribution in [2.45, 2.75) is 26.7 Å². The molecule has 1 aromatic rings. The number of nitrogens with one attached hydrogen (secondary N) is 1. The topological polar surface area (TPSA) is 72.2 Å². The zero-order valence-electron chi connectivity index (χ0n) is 11.6. The molecule has 1 aromatic carbocycles. The predicted octanol–water partition coefficient (Wildman–Crippen LogP) is 2.60. The number of allylic oxidation sites excluding steroid dienone is 2. The van der Waals surface area contributed by atoms with E-state index < -0.39 is 0 Å². The molecule has 1 rings (SSSR count). The molecule has 0 amide bonds. The quantitative estimate of drug-likeness (QED) is 0.468. The Labute approximate surface area is 113 Å². The summed E-state index contributed by atoms with van der Waals surface area (Å²) in [6.45, 7) is 3.50. The van der Waals surface area contributed by atoms with Gasteiger partial charge in [0.1, 0.15) is 0 Å². The molecule has 0 aliphatic carbocycles. The maximum atomic E-state index is 11.4. The fourth-order valence-corrected chi connectivity index (χ4v) is 1.92. The van der Waals surface area contributed by atoms with Crippen LogP contribution in [0.3, 0.4) is 0 Å². The molecule has 0 fully saturated rings. The van der Waals surface area contributed by atoms with Gasteiger partial charge in [0.05, 0.1) is 0 Å². The molecule has 0 saturated carbocycles. The molecule has 0 radical (unpaired) electrons. The van der Waals surface area contributed by atoms with Gasteiger partial charge >= 0.3 is 0 Å². The zero-order valence-corrected chi connectivity index (χ0v) is 11.6. The van der Waals surface area contributed by atoms with Crippen LogP contribution in [0.4, 0.5) is 5.69 Å². The highest BCUT2D eigenvalue weighted by Crippen LogP contribution is 2.26. The second-order valence-electron chi connectivity index (χ2n) is 4.37. The largest absolute Gasteiger partial charge is 0.401 e. The Kier molecular flexibility index (Phi) is 5.30. The van der Waals surface area contributed by atoms with Crippen LogP contribution in [0.1, 0.15) is 42.6 Å². The summed E-state index contributed by atoms with van der Waals surface area (Å²) in [4.78, 5) is 22.8. The standard InChI is InChI=1S/C15H20N2O2/c1-4-5-14(16)13(9-18)12-8-11(10(2)19)6-7-15(12)17-3/h6-9,17H,4-5,16H2,1-3H3/b14-13+. The SMILES string of the molecule is CCC/C(N)=C(/C=O)c1cc(C(C)=O)ccc1NC. The van der Waals surface area contributed by atoms with E-state index >= 15 is 0 Å². The van der Waals surface area contributed by atoms with Gasteiger partial charge in [-0.2, -0.15) is 0 Å². The molecule has 0 aromatic heterocycles. The summed E-state index contributed by atoms with van der Waals surface area (Å²) in [6, 6.07) is 5.23. The van der Waals surface area contributed by atoms with Crippen molar-refractivity contribution in [2.24, 2.45) is 5.73 Å². The molecule has 0 aliphatic rings. The van der Waals surface area contributed by atoms with Gasteiger partial charge in [-0.15, -0.1) is 0 Å². The molecule has 0 unspecified atom stereocenters. The Morgan fingerprint density at radius 3 is 2.58 bits per heavy atom. The first-order valence-electron chi connectivity index (χ1n) is 6.32. The molecule has 19 heavy (non-hydrogen) atoms. The fraction of sp³-hybridized carbons (Fsp3) is 0.333. The van der Waals surface area contributed by atoms with Crippen molar-refractivity contribution in [1.82, 2.24) is 0 Å². The van der Waals surface area contributed by atoms with Gasteiger partial charge in [-0.05, 0) is 31.5 Å². The highest BCUT2D eigenvalue weighted by atomic mass is 16.1. The van der Waals surface area contributed by atoms with Gasteiger partial charge in [0, 0.05) is 35.1 Å². The minimum Gasteiger partial charge on any atom is -0.401 e. The number of carbonyl (C=O) groups excluding carboxylic acids is 2. The number of Topliss-reactive ketones (excluding diaryl/α,β-unsaturated/α-hetero) is 1. The number of carbonyl (C=O) groups is 2. The molecule has 3 N–H and O–H groups in total. The Balaban J connectivity index is 3.44. The van der Waals surface area contributed by atoms with Gasteiger partial charge < -0.3 is 11.1 Å². The summed E-state index contributed by atoms with van der Waals surface area (Å²) in [6.07, 6.45) is 2.27. The summed E-state index contributed by atoms with van der Waals surface area (Å²) >= 11 is 0. The molecular weight excluding hydrogens is 240 g/mol. The van der Waals surface area contributed by atoms with Crippen LogP contribution >= 0.6 is 0 Å². The van der Waals surface area contributed by atoms with Crippen LogP contribution in [-0.4, -0.2) is 19.1 Å². The highest BCUT2D eigenvalue weighted by Gasteiger charge is 2.12. The average molecular weight is 260 g/mol. The Bertz CT molecular complexity index is 519. The smallest absolute Gasteiger partial charge is 0.159 e. The maximum absolute atomic E-state index is 11.4. The summed E-state index contributed by atoms with van der Waals surface area (Å²) in [5, 5.41) is 3.01. The highest BCUT2D eigenvalue weighted by molar-refractivity contribution is 6.11. The first kappa shape index (κ1) is 15.0. The van der Waals surface area contributed by atoms with Gasteiger partial charge in [0.25, 0.3) is 0 Å². The molecule has 0 spiro atoms.